The molecule has 0 saturated carbocycles. The van der Waals surface area contributed by atoms with Crippen molar-refractivity contribution < 1.29 is 14.3 Å². The Morgan fingerprint density at radius 2 is 1.80 bits per heavy atom. The van der Waals surface area contributed by atoms with Gasteiger partial charge in [0.1, 0.15) is 0 Å². The number of benzene rings is 1. The van der Waals surface area contributed by atoms with Crippen LogP contribution in [0.1, 0.15) is 38.2 Å². The molecular weight excluding hydrogens is 316 g/mol. The lowest BCUT2D eigenvalue weighted by molar-refractivity contribution is -0.128. The van der Waals surface area contributed by atoms with Gasteiger partial charge < -0.3 is 14.8 Å². The maximum Gasteiger partial charge on any atom is 0.237 e. The van der Waals surface area contributed by atoms with Gasteiger partial charge in [0, 0.05) is 12.5 Å². The fourth-order valence-corrected chi connectivity index (χ4v) is 3.69. The smallest absolute Gasteiger partial charge is 0.237 e. The molecule has 0 aliphatic carbocycles. The second-order valence-corrected chi connectivity index (χ2v) is 7.22. The highest BCUT2D eigenvalue weighted by Gasteiger charge is 2.33. The molecule has 1 aromatic rings. The highest BCUT2D eigenvalue weighted by molar-refractivity contribution is 5.81. The third-order valence-corrected chi connectivity index (χ3v) is 5.48. The Kier molecular flexibility index (Phi) is 6.45. The van der Waals surface area contributed by atoms with Gasteiger partial charge in [-0.2, -0.15) is 0 Å². The van der Waals surface area contributed by atoms with Crippen LogP contribution in [0.2, 0.25) is 0 Å². The molecule has 0 spiro atoms. The number of piperidine rings is 1. The number of hydrogen-bond donors (Lipinski definition) is 1. The van der Waals surface area contributed by atoms with E-state index in [1.165, 1.54) is 5.56 Å². The van der Waals surface area contributed by atoms with Crippen molar-refractivity contribution in [3.8, 4) is 0 Å². The van der Waals surface area contributed by atoms with Crippen molar-refractivity contribution in [3.63, 3.8) is 0 Å². The molecule has 25 heavy (non-hydrogen) atoms. The van der Waals surface area contributed by atoms with Gasteiger partial charge in [0.25, 0.3) is 0 Å². The monoisotopic (exact) mass is 346 g/mol. The lowest BCUT2D eigenvalue weighted by Gasteiger charge is -2.36. The van der Waals surface area contributed by atoms with Crippen LogP contribution in [0, 0.1) is 5.92 Å². The van der Waals surface area contributed by atoms with E-state index in [4.69, 9.17) is 9.47 Å². The van der Waals surface area contributed by atoms with Crippen molar-refractivity contribution in [3.05, 3.63) is 35.9 Å². The summed E-state index contributed by atoms with van der Waals surface area (Å²) in [6, 6.07) is 10.2. The summed E-state index contributed by atoms with van der Waals surface area (Å²) >= 11 is 0. The maximum absolute atomic E-state index is 12.5. The normalized spacial score (nSPS) is 22.6. The summed E-state index contributed by atoms with van der Waals surface area (Å²) in [5.74, 6) is 0.904. The zero-order valence-electron chi connectivity index (χ0n) is 15.3. The third kappa shape index (κ3) is 4.81. The van der Waals surface area contributed by atoms with Crippen LogP contribution >= 0.6 is 0 Å². The lowest BCUT2D eigenvalue weighted by Crippen LogP contribution is -2.49. The summed E-state index contributed by atoms with van der Waals surface area (Å²) in [5, 5.41) is 3.11. The molecule has 0 bridgehead atoms. The zero-order chi connectivity index (χ0) is 17.6. The molecule has 2 aliphatic heterocycles. The summed E-state index contributed by atoms with van der Waals surface area (Å²) in [4.78, 5) is 14.8. The Hall–Kier alpha value is -1.43. The van der Waals surface area contributed by atoms with E-state index in [2.05, 4.69) is 29.3 Å². The van der Waals surface area contributed by atoms with Crippen molar-refractivity contribution in [2.75, 3.05) is 32.8 Å². The fourth-order valence-electron chi connectivity index (χ4n) is 3.69. The average molecular weight is 346 g/mol. The van der Waals surface area contributed by atoms with Gasteiger partial charge in [0.15, 0.2) is 6.29 Å². The highest BCUT2D eigenvalue weighted by Crippen LogP contribution is 2.26. The van der Waals surface area contributed by atoms with Crippen LogP contribution in [0.3, 0.4) is 0 Å². The number of carbonyl (C=O) groups excluding carboxylic acids is 1. The van der Waals surface area contributed by atoms with Crippen LogP contribution in [0.15, 0.2) is 30.3 Å². The Balaban J connectivity index is 1.42. The number of carbonyl (C=O) groups is 1. The van der Waals surface area contributed by atoms with Crippen LogP contribution in [0.5, 0.6) is 0 Å². The first-order valence-electron chi connectivity index (χ1n) is 9.45. The van der Waals surface area contributed by atoms with E-state index >= 15 is 0 Å². The maximum atomic E-state index is 12.5. The molecule has 0 radical (unpaired) electrons. The molecule has 3 rings (SSSR count). The number of ether oxygens (including phenoxy) is 2. The van der Waals surface area contributed by atoms with Gasteiger partial charge in [-0.1, -0.05) is 37.3 Å². The molecule has 2 aliphatic rings. The summed E-state index contributed by atoms with van der Waals surface area (Å²) in [5.41, 5.74) is 1.26. The Labute approximate surface area is 150 Å². The number of nitrogens with zero attached hydrogens (tertiary/aromatic N) is 1. The minimum Gasteiger partial charge on any atom is -0.354 e. The van der Waals surface area contributed by atoms with E-state index in [0.717, 1.165) is 25.9 Å². The summed E-state index contributed by atoms with van der Waals surface area (Å²) in [6.07, 6.45) is 2.03. The number of hydrogen-bond acceptors (Lipinski definition) is 4. The molecule has 2 heterocycles. The van der Waals surface area contributed by atoms with Crippen molar-refractivity contribution >= 4 is 5.91 Å². The fraction of sp³-hybridized carbons (Fsp3) is 0.650. The molecule has 1 amide bonds. The average Bonchev–Trinajstić information content (AvgIpc) is 3.21. The highest BCUT2D eigenvalue weighted by atomic mass is 16.7. The molecular formula is C20H30N2O3. The third-order valence-electron chi connectivity index (χ3n) is 5.48. The van der Waals surface area contributed by atoms with Crippen molar-refractivity contribution in [1.82, 2.24) is 10.2 Å². The minimum atomic E-state index is -0.0886. The largest absolute Gasteiger partial charge is 0.354 e. The molecule has 138 valence electrons. The van der Waals surface area contributed by atoms with Crippen LogP contribution in [0.25, 0.3) is 0 Å². The Bertz CT molecular complexity index is 537. The van der Waals surface area contributed by atoms with Gasteiger partial charge in [-0.3, -0.25) is 9.69 Å². The van der Waals surface area contributed by atoms with E-state index in [-0.39, 0.29) is 18.2 Å². The van der Waals surface area contributed by atoms with Gasteiger partial charge in [0.05, 0.1) is 19.3 Å². The first kappa shape index (κ1) is 18.4. The molecule has 1 aromatic carbocycles. The second-order valence-electron chi connectivity index (χ2n) is 7.22. The number of likely N-dealkylation sites (tertiary alicyclic amines) is 1. The zero-order valence-corrected chi connectivity index (χ0v) is 15.3. The predicted octanol–water partition coefficient (Wildman–Crippen LogP) is 2.38. The van der Waals surface area contributed by atoms with E-state index < -0.39 is 0 Å². The number of amides is 1. The lowest BCUT2D eigenvalue weighted by atomic mass is 9.95. The van der Waals surface area contributed by atoms with Crippen LogP contribution < -0.4 is 5.32 Å². The summed E-state index contributed by atoms with van der Waals surface area (Å²) in [7, 11) is 0. The first-order chi connectivity index (χ1) is 12.1. The van der Waals surface area contributed by atoms with E-state index in [1.54, 1.807) is 0 Å². The van der Waals surface area contributed by atoms with Gasteiger partial charge in [0.2, 0.25) is 5.91 Å². The van der Waals surface area contributed by atoms with Crippen LogP contribution in [-0.4, -0.2) is 56.0 Å². The van der Waals surface area contributed by atoms with Crippen molar-refractivity contribution in [2.45, 2.75) is 44.9 Å². The van der Waals surface area contributed by atoms with E-state index in [9.17, 15) is 4.79 Å². The Morgan fingerprint density at radius 3 is 2.44 bits per heavy atom. The SMILES string of the molecule is CC(CNC(=O)C(C)N1CCC(C2OCCO2)CC1)c1ccccc1. The van der Waals surface area contributed by atoms with Crippen LogP contribution in [0.4, 0.5) is 0 Å². The van der Waals surface area contributed by atoms with E-state index in [0.29, 0.717) is 31.6 Å². The minimum absolute atomic E-state index is 0.0296. The predicted molar refractivity (Wildman–Crippen MR) is 97.3 cm³/mol. The molecule has 5 heteroatoms. The first-order valence-corrected chi connectivity index (χ1v) is 9.45. The van der Waals surface area contributed by atoms with Crippen molar-refractivity contribution in [2.24, 2.45) is 5.92 Å². The summed E-state index contributed by atoms with van der Waals surface area (Å²) < 4.78 is 11.2. The van der Waals surface area contributed by atoms with Crippen LogP contribution in [-0.2, 0) is 14.3 Å². The van der Waals surface area contributed by atoms with Gasteiger partial charge in [-0.25, -0.2) is 0 Å². The van der Waals surface area contributed by atoms with Crippen molar-refractivity contribution in [1.29, 1.82) is 0 Å². The standard InChI is InChI=1S/C20H30N2O3/c1-15(17-6-4-3-5-7-17)14-21-19(23)16(2)22-10-8-18(9-11-22)20-24-12-13-25-20/h3-7,15-16,18,20H,8-14H2,1-2H3,(H,21,23). The van der Waals surface area contributed by atoms with Gasteiger partial charge in [-0.05, 0) is 44.3 Å². The molecule has 2 saturated heterocycles. The molecule has 5 nitrogen and oxygen atoms in total. The molecule has 2 unspecified atom stereocenters. The quantitative estimate of drug-likeness (QED) is 0.859. The Morgan fingerprint density at radius 1 is 1.16 bits per heavy atom. The molecule has 0 aromatic heterocycles. The van der Waals surface area contributed by atoms with Gasteiger partial charge in [-0.15, -0.1) is 0 Å². The topological polar surface area (TPSA) is 50.8 Å². The summed E-state index contributed by atoms with van der Waals surface area (Å²) in [6.45, 7) is 8.10. The second kappa shape index (κ2) is 8.79. The number of nitrogens with one attached hydrogen (secondary N) is 1. The number of rotatable bonds is 6. The molecule has 2 atom stereocenters. The van der Waals surface area contributed by atoms with Gasteiger partial charge >= 0.3 is 0 Å². The molecule has 2 fully saturated rings. The molecule has 1 N–H and O–H groups in total. The van der Waals surface area contributed by atoms with E-state index in [1.807, 2.05) is 25.1 Å².